The number of phenolic OH excluding ortho intramolecular Hbond substituents is 1. The lowest BCUT2D eigenvalue weighted by atomic mass is 9.77. The number of ether oxygens (including phenoxy) is 1. The third-order valence-electron chi connectivity index (χ3n) is 4.44. The maximum Gasteiger partial charge on any atom is 0.417 e. The summed E-state index contributed by atoms with van der Waals surface area (Å²) in [6.07, 6.45) is -6.95. The van der Waals surface area contributed by atoms with E-state index in [4.69, 9.17) is 16.3 Å². The maximum absolute atomic E-state index is 13.7. The Labute approximate surface area is 137 Å². The minimum Gasteiger partial charge on any atom is -0.505 e. The molecule has 1 fully saturated rings. The van der Waals surface area contributed by atoms with Crippen molar-refractivity contribution in [2.45, 2.75) is 37.6 Å². The van der Waals surface area contributed by atoms with E-state index < -0.39 is 63.7 Å². The first kappa shape index (κ1) is 18.7. The number of carboxylic acids is 1. The molecule has 1 aliphatic heterocycles. The number of phenols is 1. The normalized spacial score (nSPS) is 30.6. The van der Waals surface area contributed by atoms with Crippen molar-refractivity contribution >= 4 is 17.6 Å². The van der Waals surface area contributed by atoms with Gasteiger partial charge in [-0.15, -0.1) is 0 Å². The molecule has 0 unspecified atom stereocenters. The summed E-state index contributed by atoms with van der Waals surface area (Å²) in [5.41, 5.74) is -3.42. The van der Waals surface area contributed by atoms with Crippen molar-refractivity contribution in [2.75, 3.05) is 0 Å². The summed E-state index contributed by atoms with van der Waals surface area (Å²) in [7, 11) is 0. The van der Waals surface area contributed by atoms with Crippen LogP contribution in [0.3, 0.4) is 0 Å². The Bertz CT molecular complexity index is 693. The summed E-state index contributed by atoms with van der Waals surface area (Å²) in [6, 6.07) is 0.706. The first-order valence-electron chi connectivity index (χ1n) is 6.66. The van der Waals surface area contributed by atoms with E-state index in [1.807, 2.05) is 0 Å². The molecule has 4 nitrogen and oxygen atoms in total. The Balaban J connectivity index is 2.66. The monoisotopic (exact) mass is 374 g/mol. The summed E-state index contributed by atoms with van der Waals surface area (Å²) < 4.78 is 71.7. The highest BCUT2D eigenvalue weighted by molar-refractivity contribution is 6.30. The quantitative estimate of drug-likeness (QED) is 0.609. The zero-order chi connectivity index (χ0) is 18.6. The zero-order valence-corrected chi connectivity index (χ0v) is 13.0. The molecule has 4 atom stereocenters. The summed E-state index contributed by atoms with van der Waals surface area (Å²) >= 11 is 5.47. The van der Waals surface area contributed by atoms with Gasteiger partial charge in [-0.3, -0.25) is 0 Å². The van der Waals surface area contributed by atoms with E-state index in [0.717, 1.165) is 6.92 Å². The fourth-order valence-corrected chi connectivity index (χ4v) is 3.07. The number of carbonyl (C=O) groups is 1. The molecule has 0 aliphatic carbocycles. The van der Waals surface area contributed by atoms with Crippen molar-refractivity contribution in [2.24, 2.45) is 5.92 Å². The minimum absolute atomic E-state index is 0.563. The van der Waals surface area contributed by atoms with Gasteiger partial charge in [0.1, 0.15) is 0 Å². The van der Waals surface area contributed by atoms with Crippen LogP contribution in [0, 0.1) is 17.6 Å². The number of aliphatic carboxylic acids is 1. The molecule has 1 saturated heterocycles. The van der Waals surface area contributed by atoms with E-state index in [-0.39, 0.29) is 0 Å². The maximum atomic E-state index is 13.7. The van der Waals surface area contributed by atoms with Crippen LogP contribution in [0.5, 0.6) is 5.75 Å². The smallest absolute Gasteiger partial charge is 0.417 e. The van der Waals surface area contributed by atoms with E-state index >= 15 is 0 Å². The molecule has 0 saturated carbocycles. The Morgan fingerprint density at radius 2 is 1.88 bits per heavy atom. The molecule has 2 rings (SSSR count). The third-order valence-corrected chi connectivity index (χ3v) is 4.71. The topological polar surface area (TPSA) is 66.8 Å². The molecule has 0 bridgehead atoms. The Morgan fingerprint density at radius 3 is 2.33 bits per heavy atom. The van der Waals surface area contributed by atoms with Crippen LogP contribution in [0.15, 0.2) is 6.07 Å². The lowest BCUT2D eigenvalue weighted by molar-refractivity contribution is -0.273. The van der Waals surface area contributed by atoms with Gasteiger partial charge in [0.2, 0.25) is 5.82 Å². The second kappa shape index (κ2) is 5.73. The molecule has 24 heavy (non-hydrogen) atoms. The predicted molar refractivity (Wildman–Crippen MR) is 71.9 cm³/mol. The van der Waals surface area contributed by atoms with E-state index in [9.17, 15) is 37.0 Å². The van der Waals surface area contributed by atoms with Gasteiger partial charge in [0.05, 0.1) is 5.02 Å². The van der Waals surface area contributed by atoms with Gasteiger partial charge in [0.25, 0.3) is 0 Å². The second-order valence-corrected chi connectivity index (χ2v) is 6.13. The summed E-state index contributed by atoms with van der Waals surface area (Å²) in [4.78, 5) is 11.3. The van der Waals surface area contributed by atoms with Crippen LogP contribution >= 0.6 is 11.6 Å². The molecule has 0 aromatic heterocycles. The number of rotatable bonds is 2. The third kappa shape index (κ3) is 2.59. The van der Waals surface area contributed by atoms with Crippen LogP contribution in [0.2, 0.25) is 5.02 Å². The van der Waals surface area contributed by atoms with Crippen molar-refractivity contribution < 1.29 is 41.7 Å². The summed E-state index contributed by atoms with van der Waals surface area (Å²) in [5.74, 6) is -9.51. The highest BCUT2D eigenvalue weighted by Crippen LogP contribution is 2.55. The lowest BCUT2D eigenvalue weighted by Crippen LogP contribution is -2.47. The van der Waals surface area contributed by atoms with E-state index in [0.29, 0.717) is 13.0 Å². The van der Waals surface area contributed by atoms with Crippen molar-refractivity contribution in [3.8, 4) is 5.75 Å². The second-order valence-electron chi connectivity index (χ2n) is 5.72. The van der Waals surface area contributed by atoms with Crippen molar-refractivity contribution in [3.63, 3.8) is 0 Å². The molecule has 134 valence electrons. The van der Waals surface area contributed by atoms with Gasteiger partial charge in [-0.1, -0.05) is 18.5 Å². The Kier molecular flexibility index (Phi) is 4.47. The number of benzene rings is 1. The minimum atomic E-state index is -4.92. The summed E-state index contributed by atoms with van der Waals surface area (Å²) in [5, 5.41) is 18.1. The molecular weight excluding hydrogens is 363 g/mol. The van der Waals surface area contributed by atoms with Crippen LogP contribution in [0.4, 0.5) is 22.0 Å². The van der Waals surface area contributed by atoms with Crippen molar-refractivity contribution in [1.29, 1.82) is 0 Å². The van der Waals surface area contributed by atoms with Gasteiger partial charge in [-0.25, -0.2) is 9.18 Å². The molecule has 1 aromatic rings. The van der Waals surface area contributed by atoms with Crippen molar-refractivity contribution in [3.05, 3.63) is 28.3 Å². The average molecular weight is 375 g/mol. The number of hydrogen-bond donors (Lipinski definition) is 2. The van der Waals surface area contributed by atoms with E-state index in [1.165, 1.54) is 0 Å². The largest absolute Gasteiger partial charge is 0.505 e. The average Bonchev–Trinajstić information content (AvgIpc) is 2.74. The molecule has 1 heterocycles. The first-order chi connectivity index (χ1) is 10.8. The van der Waals surface area contributed by atoms with Gasteiger partial charge >= 0.3 is 12.1 Å². The molecule has 1 aliphatic rings. The molecule has 0 spiro atoms. The van der Waals surface area contributed by atoms with Gasteiger partial charge < -0.3 is 14.9 Å². The van der Waals surface area contributed by atoms with E-state index in [1.54, 1.807) is 0 Å². The molecule has 0 radical (unpaired) electrons. The SMILES string of the molecule is C[C@H]1[C@@H](c2cc(Cl)c(F)c(F)c2O)[C@@H](C(=O)O)O[C@@]1(C)C(F)(F)F. The van der Waals surface area contributed by atoms with Crippen molar-refractivity contribution in [1.82, 2.24) is 0 Å². The number of alkyl halides is 3. The molecule has 10 heteroatoms. The first-order valence-corrected chi connectivity index (χ1v) is 7.04. The molecular formula is C14H12ClF5O4. The van der Waals surface area contributed by atoms with Gasteiger partial charge in [-0.05, 0) is 13.0 Å². The van der Waals surface area contributed by atoms with E-state index in [2.05, 4.69) is 0 Å². The summed E-state index contributed by atoms with van der Waals surface area (Å²) in [6.45, 7) is 1.71. The van der Waals surface area contributed by atoms with Crippen LogP contribution in [0.1, 0.15) is 25.3 Å². The van der Waals surface area contributed by atoms with Crippen LogP contribution < -0.4 is 0 Å². The van der Waals surface area contributed by atoms with Gasteiger partial charge in [0, 0.05) is 17.4 Å². The highest BCUT2D eigenvalue weighted by atomic mass is 35.5. The highest BCUT2D eigenvalue weighted by Gasteiger charge is 2.66. The van der Waals surface area contributed by atoms with Crippen LogP contribution in [-0.2, 0) is 9.53 Å². The number of carboxylic acid groups (broad SMARTS) is 1. The zero-order valence-electron chi connectivity index (χ0n) is 12.3. The number of hydrogen-bond acceptors (Lipinski definition) is 3. The fraction of sp³-hybridized carbons (Fsp3) is 0.500. The molecule has 0 amide bonds. The van der Waals surface area contributed by atoms with Gasteiger partial charge in [0.15, 0.2) is 23.3 Å². The lowest BCUT2D eigenvalue weighted by Gasteiger charge is -2.31. The number of aromatic hydroxyl groups is 1. The van der Waals surface area contributed by atoms with Crippen LogP contribution in [-0.4, -0.2) is 34.1 Å². The predicted octanol–water partition coefficient (Wildman–Crippen LogP) is 3.85. The van der Waals surface area contributed by atoms with Crippen LogP contribution in [0.25, 0.3) is 0 Å². The molecule has 1 aromatic carbocycles. The fourth-order valence-electron chi connectivity index (χ4n) is 2.87. The number of halogens is 6. The Morgan fingerprint density at radius 1 is 1.33 bits per heavy atom. The molecule has 2 N–H and O–H groups in total. The Hall–Kier alpha value is -1.61. The standard InChI is InChI=1S/C14H12ClF5O4/c1-4-7(5-3-6(15)8(16)9(17)10(5)21)11(12(22)23)24-13(4,2)14(18,19)20/h3-4,7,11,21H,1-2H3,(H,22,23)/t4-,7-,11-,13+/m0/s1. The van der Waals surface area contributed by atoms with Gasteiger partial charge in [-0.2, -0.15) is 17.6 Å².